The summed E-state index contributed by atoms with van der Waals surface area (Å²) in [5, 5.41) is 2.26. The highest BCUT2D eigenvalue weighted by atomic mass is 16.2. The van der Waals surface area contributed by atoms with Gasteiger partial charge in [0.25, 0.3) is 0 Å². The molecule has 4 nitrogen and oxygen atoms in total. The Kier molecular flexibility index (Phi) is 4.50. The number of anilines is 1. The molecule has 0 bridgehead atoms. The van der Waals surface area contributed by atoms with E-state index in [1.807, 2.05) is 35.2 Å². The number of imidazole rings is 1. The molecular formula is C28H23N3O. The molecule has 0 radical (unpaired) electrons. The van der Waals surface area contributed by atoms with Crippen LogP contribution in [0.25, 0.3) is 21.8 Å². The lowest BCUT2D eigenvalue weighted by molar-refractivity contribution is -0.117. The molecule has 1 fully saturated rings. The molecular weight excluding hydrogens is 394 g/mol. The summed E-state index contributed by atoms with van der Waals surface area (Å²) in [6.45, 7) is 1.39. The summed E-state index contributed by atoms with van der Waals surface area (Å²) in [6, 6.07) is 33.1. The minimum atomic E-state index is 0.0533. The molecule has 1 amide bonds. The average Bonchev–Trinajstić information content (AvgIpc) is 3.40. The highest BCUT2D eigenvalue weighted by molar-refractivity contribution is 6.05. The van der Waals surface area contributed by atoms with Gasteiger partial charge in [0.15, 0.2) is 0 Å². The van der Waals surface area contributed by atoms with Crippen molar-refractivity contribution in [2.24, 2.45) is 0 Å². The third-order valence-electron chi connectivity index (χ3n) is 6.42. The minimum absolute atomic E-state index is 0.0533. The SMILES string of the molecule is O=C1CC(c2nc3ccccc3n2Cc2ccccc2)CN1c1cccc2ccccc12. The van der Waals surface area contributed by atoms with Crippen LogP contribution in [0.15, 0.2) is 97.1 Å². The average molecular weight is 418 g/mol. The predicted octanol–water partition coefficient (Wildman–Crippen LogP) is 5.76. The molecule has 1 unspecified atom stereocenters. The number of aromatic nitrogens is 2. The fourth-order valence-electron chi connectivity index (χ4n) is 4.90. The van der Waals surface area contributed by atoms with Gasteiger partial charge >= 0.3 is 0 Å². The van der Waals surface area contributed by atoms with Crippen LogP contribution in [0.5, 0.6) is 0 Å². The zero-order valence-electron chi connectivity index (χ0n) is 17.7. The summed E-state index contributed by atoms with van der Waals surface area (Å²) < 4.78 is 2.29. The zero-order chi connectivity index (χ0) is 21.5. The van der Waals surface area contributed by atoms with E-state index >= 15 is 0 Å². The smallest absolute Gasteiger partial charge is 0.227 e. The van der Waals surface area contributed by atoms with Crippen LogP contribution in [0.3, 0.4) is 0 Å². The maximum atomic E-state index is 13.2. The summed E-state index contributed by atoms with van der Waals surface area (Å²) in [4.78, 5) is 20.1. The Labute approximate surface area is 186 Å². The van der Waals surface area contributed by atoms with Crippen LogP contribution in [-0.2, 0) is 11.3 Å². The quantitative estimate of drug-likeness (QED) is 0.373. The van der Waals surface area contributed by atoms with Crippen LogP contribution in [0, 0.1) is 0 Å². The molecule has 32 heavy (non-hydrogen) atoms. The van der Waals surface area contributed by atoms with E-state index in [4.69, 9.17) is 4.98 Å². The minimum Gasteiger partial charge on any atom is -0.323 e. The van der Waals surface area contributed by atoms with E-state index < -0.39 is 0 Å². The Morgan fingerprint density at radius 3 is 2.47 bits per heavy atom. The molecule has 1 saturated heterocycles. The lowest BCUT2D eigenvalue weighted by Gasteiger charge is -2.19. The number of para-hydroxylation sites is 2. The molecule has 1 aliphatic heterocycles. The summed E-state index contributed by atoms with van der Waals surface area (Å²) >= 11 is 0. The standard InChI is InChI=1S/C28H23N3O/c32-27-17-22(19-30(27)25-16-8-12-21-11-4-5-13-23(21)25)28-29-24-14-6-7-15-26(24)31(28)18-20-9-2-1-3-10-20/h1-16,22H,17-19H2. The third-order valence-corrected chi connectivity index (χ3v) is 6.42. The third kappa shape index (κ3) is 3.16. The molecule has 156 valence electrons. The normalized spacial score (nSPS) is 16.3. The van der Waals surface area contributed by atoms with Gasteiger partial charge in [-0.25, -0.2) is 4.98 Å². The largest absolute Gasteiger partial charge is 0.323 e. The second-order valence-corrected chi connectivity index (χ2v) is 8.43. The van der Waals surface area contributed by atoms with Crippen LogP contribution in [0.1, 0.15) is 23.7 Å². The highest BCUT2D eigenvalue weighted by Crippen LogP contribution is 2.36. The van der Waals surface area contributed by atoms with Crippen molar-refractivity contribution in [3.8, 4) is 0 Å². The molecule has 0 spiro atoms. The number of benzene rings is 4. The first kappa shape index (κ1) is 18.8. The summed E-state index contributed by atoms with van der Waals surface area (Å²) in [6.07, 6.45) is 0.474. The number of hydrogen-bond donors (Lipinski definition) is 0. The fraction of sp³-hybridized carbons (Fsp3) is 0.143. The van der Waals surface area contributed by atoms with Crippen molar-refractivity contribution in [2.75, 3.05) is 11.4 Å². The van der Waals surface area contributed by atoms with Crippen molar-refractivity contribution in [3.05, 3.63) is 108 Å². The van der Waals surface area contributed by atoms with Gasteiger partial charge in [-0.3, -0.25) is 4.79 Å². The van der Waals surface area contributed by atoms with E-state index in [-0.39, 0.29) is 11.8 Å². The van der Waals surface area contributed by atoms with Crippen LogP contribution in [-0.4, -0.2) is 22.0 Å². The molecule has 6 rings (SSSR count). The van der Waals surface area contributed by atoms with Crippen molar-refractivity contribution in [1.29, 1.82) is 0 Å². The van der Waals surface area contributed by atoms with Crippen molar-refractivity contribution < 1.29 is 4.79 Å². The Morgan fingerprint density at radius 1 is 0.812 bits per heavy atom. The lowest BCUT2D eigenvalue weighted by atomic mass is 10.1. The molecule has 5 aromatic rings. The number of nitrogens with zero attached hydrogens (tertiary/aromatic N) is 3. The van der Waals surface area contributed by atoms with E-state index in [2.05, 4.69) is 71.3 Å². The number of hydrogen-bond acceptors (Lipinski definition) is 2. The zero-order valence-corrected chi connectivity index (χ0v) is 17.7. The molecule has 1 aromatic heterocycles. The van der Waals surface area contributed by atoms with E-state index in [9.17, 15) is 4.79 Å². The van der Waals surface area contributed by atoms with Gasteiger partial charge in [-0.2, -0.15) is 0 Å². The molecule has 4 heteroatoms. The van der Waals surface area contributed by atoms with Crippen molar-refractivity contribution in [2.45, 2.75) is 18.9 Å². The molecule has 4 aromatic carbocycles. The fourth-order valence-corrected chi connectivity index (χ4v) is 4.90. The summed E-state index contributed by atoms with van der Waals surface area (Å²) in [5.41, 5.74) is 4.31. The molecule has 0 saturated carbocycles. The maximum Gasteiger partial charge on any atom is 0.227 e. The van der Waals surface area contributed by atoms with Crippen molar-refractivity contribution in [3.63, 3.8) is 0 Å². The van der Waals surface area contributed by atoms with Crippen LogP contribution >= 0.6 is 0 Å². The highest BCUT2D eigenvalue weighted by Gasteiger charge is 2.35. The molecule has 1 atom stereocenters. The van der Waals surface area contributed by atoms with Gasteiger partial charge < -0.3 is 9.47 Å². The van der Waals surface area contributed by atoms with Crippen LogP contribution in [0.2, 0.25) is 0 Å². The van der Waals surface area contributed by atoms with E-state index in [1.54, 1.807) is 0 Å². The number of rotatable bonds is 4. The molecule has 2 heterocycles. The molecule has 0 aliphatic carbocycles. The van der Waals surface area contributed by atoms with Crippen LogP contribution in [0.4, 0.5) is 5.69 Å². The molecule has 1 aliphatic rings. The Morgan fingerprint density at radius 2 is 1.56 bits per heavy atom. The maximum absolute atomic E-state index is 13.2. The number of carbonyl (C=O) groups excluding carboxylic acids is 1. The van der Waals surface area contributed by atoms with E-state index in [0.717, 1.165) is 39.9 Å². The molecule has 0 N–H and O–H groups in total. The van der Waals surface area contributed by atoms with Gasteiger partial charge in [-0.15, -0.1) is 0 Å². The number of carbonyl (C=O) groups is 1. The number of fused-ring (bicyclic) bond motifs is 2. The second kappa shape index (κ2) is 7.65. The first-order chi connectivity index (χ1) is 15.8. The monoisotopic (exact) mass is 417 g/mol. The number of amides is 1. The Balaban J connectivity index is 1.41. The first-order valence-corrected chi connectivity index (χ1v) is 11.0. The summed E-state index contributed by atoms with van der Waals surface area (Å²) in [7, 11) is 0. The van der Waals surface area contributed by atoms with Gasteiger partial charge in [0, 0.05) is 30.8 Å². The van der Waals surface area contributed by atoms with Crippen molar-refractivity contribution >= 4 is 33.4 Å². The first-order valence-electron chi connectivity index (χ1n) is 11.0. The lowest BCUT2D eigenvalue weighted by Crippen LogP contribution is -2.24. The van der Waals surface area contributed by atoms with Gasteiger partial charge in [0.1, 0.15) is 5.82 Å². The predicted molar refractivity (Wildman–Crippen MR) is 129 cm³/mol. The van der Waals surface area contributed by atoms with Gasteiger partial charge in [-0.1, -0.05) is 78.9 Å². The van der Waals surface area contributed by atoms with E-state index in [1.165, 1.54) is 5.56 Å². The summed E-state index contributed by atoms with van der Waals surface area (Å²) in [5.74, 6) is 1.20. The van der Waals surface area contributed by atoms with Gasteiger partial charge in [0.2, 0.25) is 5.91 Å². The topological polar surface area (TPSA) is 38.1 Å². The van der Waals surface area contributed by atoms with Crippen LogP contribution < -0.4 is 4.90 Å². The van der Waals surface area contributed by atoms with Crippen molar-refractivity contribution in [1.82, 2.24) is 9.55 Å². The second-order valence-electron chi connectivity index (χ2n) is 8.43. The Bertz CT molecular complexity index is 1430. The Hall–Kier alpha value is -3.92. The van der Waals surface area contributed by atoms with E-state index in [0.29, 0.717) is 13.0 Å². The van der Waals surface area contributed by atoms with Gasteiger partial charge in [0.05, 0.1) is 16.7 Å². The van der Waals surface area contributed by atoms with Gasteiger partial charge in [-0.05, 0) is 29.1 Å².